The number of amidine groups is 1. The molecule has 0 bridgehead atoms. The van der Waals surface area contributed by atoms with E-state index in [1.165, 1.54) is 11.8 Å². The molecule has 0 saturated carbocycles. The Morgan fingerprint density at radius 2 is 2.20 bits per heavy atom. The Morgan fingerprint density at radius 3 is 2.92 bits per heavy atom. The van der Waals surface area contributed by atoms with Gasteiger partial charge in [0.25, 0.3) is 5.91 Å². The van der Waals surface area contributed by atoms with Crippen LogP contribution in [0.15, 0.2) is 23.2 Å². The van der Waals surface area contributed by atoms with Crippen molar-refractivity contribution in [2.45, 2.75) is 31.1 Å². The number of hydrogen-bond donors (Lipinski definition) is 2. The Kier molecular flexibility index (Phi) is 5.60. The summed E-state index contributed by atoms with van der Waals surface area (Å²) < 4.78 is 23.2. The molecule has 1 fully saturated rings. The molecule has 0 spiro atoms. The van der Waals surface area contributed by atoms with Crippen LogP contribution in [0.2, 0.25) is 5.02 Å². The van der Waals surface area contributed by atoms with Gasteiger partial charge in [-0.05, 0) is 24.6 Å². The summed E-state index contributed by atoms with van der Waals surface area (Å²) in [5.74, 6) is 0.116. The number of carbonyl (C=O) groups excluding carboxylic acids is 1. The van der Waals surface area contributed by atoms with E-state index in [0.717, 1.165) is 12.8 Å². The Balaban J connectivity index is 1.69. The van der Waals surface area contributed by atoms with Crippen molar-refractivity contribution in [3.8, 4) is 0 Å². The molecule has 25 heavy (non-hydrogen) atoms. The number of aliphatic imine (C=N–C) groups is 1. The molecular formula is C16H20ClN3O3S2. The molecule has 2 heterocycles. The first kappa shape index (κ1) is 18.5. The van der Waals surface area contributed by atoms with Crippen LogP contribution in [0.3, 0.4) is 0 Å². The highest BCUT2D eigenvalue weighted by Crippen LogP contribution is 2.35. The van der Waals surface area contributed by atoms with Crippen LogP contribution in [-0.2, 0) is 9.84 Å². The van der Waals surface area contributed by atoms with Crippen LogP contribution >= 0.6 is 23.4 Å². The molecule has 1 aromatic carbocycles. The summed E-state index contributed by atoms with van der Waals surface area (Å²) >= 11 is 7.64. The predicted molar refractivity (Wildman–Crippen MR) is 104 cm³/mol. The molecule has 3 rings (SSSR count). The summed E-state index contributed by atoms with van der Waals surface area (Å²) in [6.45, 7) is 2.71. The number of halogens is 1. The van der Waals surface area contributed by atoms with Gasteiger partial charge in [-0.15, -0.1) is 0 Å². The summed E-state index contributed by atoms with van der Waals surface area (Å²) in [5, 5.41) is 7.10. The third-order valence-electron chi connectivity index (χ3n) is 4.10. The molecule has 9 heteroatoms. The number of unbranched alkanes of at least 4 members (excludes halogenated alkanes) is 1. The first-order valence-electron chi connectivity index (χ1n) is 8.17. The number of nitrogens with one attached hydrogen (secondary N) is 2. The lowest BCUT2D eigenvalue weighted by Crippen LogP contribution is -2.24. The minimum absolute atomic E-state index is 0.0354. The van der Waals surface area contributed by atoms with Crippen LogP contribution < -0.4 is 10.6 Å². The number of sulfone groups is 1. The Bertz CT molecular complexity index is 811. The van der Waals surface area contributed by atoms with Crippen molar-refractivity contribution in [2.75, 3.05) is 23.4 Å². The molecular weight excluding hydrogens is 382 g/mol. The number of nitrogens with zero attached hydrogens (tertiary/aromatic N) is 1. The van der Waals surface area contributed by atoms with Crippen LogP contribution in [-0.4, -0.2) is 48.8 Å². The normalized spacial score (nSPS) is 23.8. The fourth-order valence-electron chi connectivity index (χ4n) is 2.77. The van der Waals surface area contributed by atoms with Crippen molar-refractivity contribution in [3.05, 3.63) is 28.8 Å². The van der Waals surface area contributed by atoms with Crippen LogP contribution in [0.25, 0.3) is 0 Å². The Labute approximate surface area is 156 Å². The van der Waals surface area contributed by atoms with Gasteiger partial charge in [0.05, 0.1) is 28.3 Å². The highest BCUT2D eigenvalue weighted by atomic mass is 35.5. The van der Waals surface area contributed by atoms with Gasteiger partial charge in [0, 0.05) is 17.4 Å². The third kappa shape index (κ3) is 4.48. The lowest BCUT2D eigenvalue weighted by Gasteiger charge is -2.11. The second kappa shape index (κ2) is 7.55. The van der Waals surface area contributed by atoms with Crippen molar-refractivity contribution in [1.29, 1.82) is 0 Å². The van der Waals surface area contributed by atoms with Gasteiger partial charge in [0.1, 0.15) is 0 Å². The molecule has 1 saturated heterocycles. The van der Waals surface area contributed by atoms with Crippen molar-refractivity contribution < 1.29 is 13.2 Å². The van der Waals surface area contributed by atoms with E-state index >= 15 is 0 Å². The summed E-state index contributed by atoms with van der Waals surface area (Å²) in [6.07, 6.45) is 1.95. The molecule has 1 aromatic rings. The van der Waals surface area contributed by atoms with Crippen LogP contribution in [0.4, 0.5) is 5.69 Å². The molecule has 0 unspecified atom stereocenters. The average Bonchev–Trinajstić information content (AvgIpc) is 3.02. The highest BCUT2D eigenvalue weighted by molar-refractivity contribution is 8.15. The Hall–Kier alpha value is -1.25. The van der Waals surface area contributed by atoms with E-state index in [0.29, 0.717) is 28.0 Å². The highest BCUT2D eigenvalue weighted by Gasteiger charge is 2.42. The zero-order chi connectivity index (χ0) is 18.0. The third-order valence-corrected chi connectivity index (χ3v) is 7.58. The topological polar surface area (TPSA) is 87.6 Å². The first-order chi connectivity index (χ1) is 11.9. The molecule has 2 aliphatic rings. The van der Waals surface area contributed by atoms with E-state index in [1.54, 1.807) is 18.2 Å². The van der Waals surface area contributed by atoms with E-state index in [9.17, 15) is 13.2 Å². The molecule has 136 valence electrons. The maximum absolute atomic E-state index is 12.2. The molecule has 1 amide bonds. The second-order valence-corrected chi connectivity index (χ2v) is 9.95. The van der Waals surface area contributed by atoms with Gasteiger partial charge in [-0.3, -0.25) is 9.79 Å². The molecule has 0 aliphatic carbocycles. The van der Waals surface area contributed by atoms with Gasteiger partial charge >= 0.3 is 0 Å². The van der Waals surface area contributed by atoms with E-state index in [2.05, 4.69) is 22.5 Å². The van der Waals surface area contributed by atoms with Gasteiger partial charge in [-0.25, -0.2) is 8.42 Å². The van der Waals surface area contributed by atoms with E-state index in [4.69, 9.17) is 11.6 Å². The second-order valence-electron chi connectivity index (χ2n) is 6.16. The summed E-state index contributed by atoms with van der Waals surface area (Å²) in [5.41, 5.74) is 1.12. The smallest absolute Gasteiger partial charge is 0.251 e. The number of anilines is 1. The van der Waals surface area contributed by atoms with Crippen LogP contribution in [0.1, 0.15) is 30.1 Å². The average molecular weight is 402 g/mol. The maximum atomic E-state index is 12.2. The van der Waals surface area contributed by atoms with E-state index < -0.39 is 9.84 Å². The molecule has 0 radical (unpaired) electrons. The van der Waals surface area contributed by atoms with Crippen molar-refractivity contribution >= 4 is 50.0 Å². The maximum Gasteiger partial charge on any atom is 0.251 e. The Morgan fingerprint density at radius 1 is 1.40 bits per heavy atom. The van der Waals surface area contributed by atoms with Crippen LogP contribution in [0, 0.1) is 0 Å². The van der Waals surface area contributed by atoms with Crippen molar-refractivity contribution in [1.82, 2.24) is 5.32 Å². The van der Waals surface area contributed by atoms with Crippen molar-refractivity contribution in [3.63, 3.8) is 0 Å². The lowest BCUT2D eigenvalue weighted by molar-refractivity contribution is 0.0953. The summed E-state index contributed by atoms with van der Waals surface area (Å²) in [6, 6.07) is 4.85. The number of thioether (sulfide) groups is 1. The first-order valence-corrected chi connectivity index (χ1v) is 11.3. The fraction of sp³-hybridized carbons (Fsp3) is 0.500. The van der Waals surface area contributed by atoms with Crippen molar-refractivity contribution in [2.24, 2.45) is 4.99 Å². The van der Waals surface area contributed by atoms with Gasteiger partial charge < -0.3 is 10.6 Å². The van der Waals surface area contributed by atoms with E-state index in [1.807, 2.05) is 0 Å². The quantitative estimate of drug-likeness (QED) is 0.740. The SMILES string of the molecule is CCCCNC(=O)c1ccc(Cl)c(NC2=N[C@@H]3CS(=O)(=O)C[C@@H]3S2)c1. The molecule has 2 N–H and O–H groups in total. The fourth-order valence-corrected chi connectivity index (χ4v) is 6.61. The minimum atomic E-state index is -2.97. The van der Waals surface area contributed by atoms with Gasteiger partial charge in [-0.2, -0.15) is 0 Å². The molecule has 2 aliphatic heterocycles. The lowest BCUT2D eigenvalue weighted by atomic mass is 10.2. The van der Waals surface area contributed by atoms with E-state index in [-0.39, 0.29) is 28.7 Å². The number of hydrogen-bond acceptors (Lipinski definition) is 6. The number of amides is 1. The largest absolute Gasteiger partial charge is 0.352 e. The number of benzene rings is 1. The zero-order valence-electron chi connectivity index (χ0n) is 13.8. The van der Waals surface area contributed by atoms with Gasteiger partial charge in [0.15, 0.2) is 15.0 Å². The van der Waals surface area contributed by atoms with Gasteiger partial charge in [-0.1, -0.05) is 36.7 Å². The molecule has 0 aromatic heterocycles. The monoisotopic (exact) mass is 401 g/mol. The van der Waals surface area contributed by atoms with Crippen LogP contribution in [0.5, 0.6) is 0 Å². The number of rotatable bonds is 5. The summed E-state index contributed by atoms with van der Waals surface area (Å²) in [7, 11) is -2.97. The standard InChI is InChI=1S/C16H20ClN3O3S2/c1-2-3-6-18-15(21)10-4-5-11(17)12(7-10)19-16-20-13-8-25(22,23)9-14(13)24-16/h4-5,7,13-14H,2-3,6,8-9H2,1H3,(H,18,21)(H,19,20)/t13-,14+/m1/s1. The minimum Gasteiger partial charge on any atom is -0.352 e. The van der Waals surface area contributed by atoms with Gasteiger partial charge in [0.2, 0.25) is 0 Å². The molecule has 2 atom stereocenters. The summed E-state index contributed by atoms with van der Waals surface area (Å²) in [4.78, 5) is 16.6. The number of fused-ring (bicyclic) bond motifs is 1. The zero-order valence-corrected chi connectivity index (χ0v) is 16.2. The molecule has 6 nitrogen and oxygen atoms in total. The predicted octanol–water partition coefficient (Wildman–Crippen LogP) is 2.55. The number of carbonyl (C=O) groups is 1.